The number of carbonyl (C=O) groups is 1. The second kappa shape index (κ2) is 5.50. The maximum Gasteiger partial charge on any atom is 0.309 e. The van der Waals surface area contributed by atoms with Gasteiger partial charge in [-0.15, -0.1) is 0 Å². The van der Waals surface area contributed by atoms with Gasteiger partial charge in [0.2, 0.25) is 0 Å². The third-order valence-electron chi connectivity index (χ3n) is 3.89. The molecule has 3 nitrogen and oxygen atoms in total. The highest BCUT2D eigenvalue weighted by Gasteiger charge is 2.40. The van der Waals surface area contributed by atoms with Gasteiger partial charge in [0.05, 0.1) is 5.41 Å². The Morgan fingerprint density at radius 2 is 2.00 bits per heavy atom. The number of carboxylic acid groups (broad SMARTS) is 1. The Morgan fingerprint density at radius 3 is 2.47 bits per heavy atom. The monoisotopic (exact) mass is 213 g/mol. The minimum atomic E-state index is -0.621. The second-order valence-corrected chi connectivity index (χ2v) is 4.91. The molecular weight excluding hydrogens is 190 g/mol. The summed E-state index contributed by atoms with van der Waals surface area (Å²) in [6.07, 6.45) is 6.60. The van der Waals surface area contributed by atoms with E-state index in [-0.39, 0.29) is 0 Å². The van der Waals surface area contributed by atoms with E-state index in [1.165, 1.54) is 19.3 Å². The molecule has 0 amide bonds. The zero-order valence-corrected chi connectivity index (χ0v) is 9.88. The van der Waals surface area contributed by atoms with E-state index >= 15 is 0 Å². The SMILES string of the molecule is CNCCC(C)(C(=O)O)C1CCCCC1. The van der Waals surface area contributed by atoms with Crippen LogP contribution in [0.3, 0.4) is 0 Å². The average molecular weight is 213 g/mol. The van der Waals surface area contributed by atoms with Gasteiger partial charge < -0.3 is 10.4 Å². The van der Waals surface area contributed by atoms with Gasteiger partial charge in [0.25, 0.3) is 0 Å². The minimum absolute atomic E-state index is 0.372. The first kappa shape index (κ1) is 12.5. The lowest BCUT2D eigenvalue weighted by Crippen LogP contribution is -2.39. The molecular formula is C12H23NO2. The van der Waals surface area contributed by atoms with Gasteiger partial charge in [0.1, 0.15) is 0 Å². The van der Waals surface area contributed by atoms with Crippen molar-refractivity contribution in [3.63, 3.8) is 0 Å². The molecule has 1 aliphatic rings. The molecule has 1 aliphatic carbocycles. The first-order chi connectivity index (χ1) is 7.11. The van der Waals surface area contributed by atoms with Crippen LogP contribution >= 0.6 is 0 Å². The first-order valence-corrected chi connectivity index (χ1v) is 5.99. The average Bonchev–Trinajstić information content (AvgIpc) is 2.27. The Bertz CT molecular complexity index is 212. The van der Waals surface area contributed by atoms with Gasteiger partial charge in [-0.25, -0.2) is 0 Å². The van der Waals surface area contributed by atoms with Crippen molar-refractivity contribution in [3.05, 3.63) is 0 Å². The van der Waals surface area contributed by atoms with Crippen LogP contribution in [0, 0.1) is 11.3 Å². The van der Waals surface area contributed by atoms with Gasteiger partial charge >= 0.3 is 5.97 Å². The molecule has 1 unspecified atom stereocenters. The fraction of sp³-hybridized carbons (Fsp3) is 0.917. The number of carboxylic acids is 1. The molecule has 0 heterocycles. The van der Waals surface area contributed by atoms with Crippen molar-refractivity contribution >= 4 is 5.97 Å². The molecule has 0 aromatic heterocycles. The topological polar surface area (TPSA) is 49.3 Å². The Balaban J connectivity index is 2.65. The van der Waals surface area contributed by atoms with E-state index < -0.39 is 11.4 Å². The molecule has 15 heavy (non-hydrogen) atoms. The minimum Gasteiger partial charge on any atom is -0.481 e. The Hall–Kier alpha value is -0.570. The predicted molar refractivity (Wildman–Crippen MR) is 60.9 cm³/mol. The molecule has 1 saturated carbocycles. The van der Waals surface area contributed by atoms with Crippen molar-refractivity contribution in [2.45, 2.75) is 45.4 Å². The summed E-state index contributed by atoms with van der Waals surface area (Å²) >= 11 is 0. The van der Waals surface area contributed by atoms with E-state index in [0.29, 0.717) is 5.92 Å². The molecule has 1 atom stereocenters. The Morgan fingerprint density at radius 1 is 1.40 bits per heavy atom. The van der Waals surface area contributed by atoms with E-state index in [9.17, 15) is 9.90 Å². The van der Waals surface area contributed by atoms with Crippen molar-refractivity contribution in [1.29, 1.82) is 0 Å². The Labute approximate surface area is 92.3 Å². The van der Waals surface area contributed by atoms with Gasteiger partial charge in [0.15, 0.2) is 0 Å². The molecule has 0 radical (unpaired) electrons. The summed E-state index contributed by atoms with van der Waals surface area (Å²) < 4.78 is 0. The number of rotatable bonds is 5. The second-order valence-electron chi connectivity index (χ2n) is 4.91. The molecule has 88 valence electrons. The normalized spacial score (nSPS) is 22.3. The summed E-state index contributed by atoms with van der Waals surface area (Å²) in [5, 5.41) is 12.4. The van der Waals surface area contributed by atoms with Crippen molar-refractivity contribution in [2.24, 2.45) is 11.3 Å². The highest BCUT2D eigenvalue weighted by molar-refractivity contribution is 5.74. The third kappa shape index (κ3) is 2.94. The van der Waals surface area contributed by atoms with Crippen LogP contribution in [0.5, 0.6) is 0 Å². The Kier molecular flexibility index (Phi) is 4.58. The molecule has 2 N–H and O–H groups in total. The molecule has 1 fully saturated rings. The van der Waals surface area contributed by atoms with Crippen LogP contribution in [0.25, 0.3) is 0 Å². The smallest absolute Gasteiger partial charge is 0.309 e. The quantitative estimate of drug-likeness (QED) is 0.736. The predicted octanol–water partition coefficient (Wildman–Crippen LogP) is 2.27. The first-order valence-electron chi connectivity index (χ1n) is 5.99. The number of hydrogen-bond acceptors (Lipinski definition) is 2. The maximum atomic E-state index is 11.4. The third-order valence-corrected chi connectivity index (χ3v) is 3.89. The van der Waals surface area contributed by atoms with Crippen molar-refractivity contribution in [1.82, 2.24) is 5.32 Å². The fourth-order valence-electron chi connectivity index (χ4n) is 2.61. The van der Waals surface area contributed by atoms with Crippen molar-refractivity contribution in [3.8, 4) is 0 Å². The molecule has 0 aliphatic heterocycles. The lowest BCUT2D eigenvalue weighted by atomic mass is 9.68. The number of aliphatic carboxylic acids is 1. The number of hydrogen-bond donors (Lipinski definition) is 2. The van der Waals surface area contributed by atoms with Crippen molar-refractivity contribution < 1.29 is 9.90 Å². The van der Waals surface area contributed by atoms with Gasteiger partial charge in [-0.3, -0.25) is 4.79 Å². The van der Waals surface area contributed by atoms with Crippen LogP contribution in [-0.4, -0.2) is 24.7 Å². The van der Waals surface area contributed by atoms with Gasteiger partial charge in [-0.05, 0) is 45.7 Å². The molecule has 3 heteroatoms. The summed E-state index contributed by atoms with van der Waals surface area (Å²) in [5.74, 6) is -0.248. The highest BCUT2D eigenvalue weighted by Crippen LogP contribution is 2.40. The largest absolute Gasteiger partial charge is 0.481 e. The summed E-state index contributed by atoms with van der Waals surface area (Å²) in [4.78, 5) is 11.4. The van der Waals surface area contributed by atoms with E-state index in [2.05, 4.69) is 5.32 Å². The molecule has 0 bridgehead atoms. The molecule has 0 spiro atoms. The van der Waals surface area contributed by atoms with Gasteiger partial charge in [0, 0.05) is 0 Å². The van der Waals surface area contributed by atoms with Crippen LogP contribution in [0.4, 0.5) is 0 Å². The fourth-order valence-corrected chi connectivity index (χ4v) is 2.61. The molecule has 0 aromatic rings. The number of nitrogens with one attached hydrogen (secondary N) is 1. The zero-order chi connectivity index (χ0) is 11.3. The lowest BCUT2D eigenvalue weighted by molar-refractivity contribution is -0.152. The van der Waals surface area contributed by atoms with E-state index in [1.807, 2.05) is 14.0 Å². The summed E-state index contributed by atoms with van der Waals surface area (Å²) in [6.45, 7) is 2.71. The standard InChI is InChI=1S/C12H23NO2/c1-12(11(14)15,8-9-13-2)10-6-4-3-5-7-10/h10,13H,3-9H2,1-2H3,(H,14,15). The van der Waals surface area contributed by atoms with E-state index in [0.717, 1.165) is 25.8 Å². The van der Waals surface area contributed by atoms with Gasteiger partial charge in [-0.2, -0.15) is 0 Å². The molecule has 0 saturated heterocycles. The van der Waals surface area contributed by atoms with E-state index in [1.54, 1.807) is 0 Å². The van der Waals surface area contributed by atoms with Crippen molar-refractivity contribution in [2.75, 3.05) is 13.6 Å². The summed E-state index contributed by atoms with van der Waals surface area (Å²) in [5.41, 5.74) is -0.524. The maximum absolute atomic E-state index is 11.4. The molecule has 0 aromatic carbocycles. The van der Waals surface area contributed by atoms with Crippen LogP contribution in [0.1, 0.15) is 45.4 Å². The van der Waals surface area contributed by atoms with Crippen LogP contribution in [0.2, 0.25) is 0 Å². The lowest BCUT2D eigenvalue weighted by Gasteiger charge is -2.36. The summed E-state index contributed by atoms with van der Waals surface area (Å²) in [7, 11) is 1.88. The van der Waals surface area contributed by atoms with E-state index in [4.69, 9.17) is 0 Å². The van der Waals surface area contributed by atoms with Gasteiger partial charge in [-0.1, -0.05) is 19.3 Å². The zero-order valence-electron chi connectivity index (χ0n) is 9.88. The highest BCUT2D eigenvalue weighted by atomic mass is 16.4. The van der Waals surface area contributed by atoms with Crippen LogP contribution in [-0.2, 0) is 4.79 Å². The van der Waals surface area contributed by atoms with Crippen LogP contribution < -0.4 is 5.32 Å². The van der Waals surface area contributed by atoms with Crippen LogP contribution in [0.15, 0.2) is 0 Å². The molecule has 1 rings (SSSR count). The summed E-state index contributed by atoms with van der Waals surface area (Å²) in [6, 6.07) is 0.